The number of hydrogen-bond acceptors (Lipinski definition) is 4. The molecule has 4 nitrogen and oxygen atoms in total. The molecule has 0 fully saturated rings. The van der Waals surface area contributed by atoms with Gasteiger partial charge in [0.2, 0.25) is 0 Å². The molecular weight excluding hydrogens is 194 g/mol. The third kappa shape index (κ3) is 4.29. The summed E-state index contributed by atoms with van der Waals surface area (Å²) >= 11 is 0. The van der Waals surface area contributed by atoms with Crippen LogP contribution < -0.4 is 10.5 Å². The summed E-state index contributed by atoms with van der Waals surface area (Å²) < 4.78 is 10.4. The van der Waals surface area contributed by atoms with Crippen molar-refractivity contribution >= 4 is 0 Å². The van der Waals surface area contributed by atoms with Crippen molar-refractivity contribution in [3.63, 3.8) is 0 Å². The maximum Gasteiger partial charge on any atom is 0.118 e. The van der Waals surface area contributed by atoms with Crippen LogP contribution in [0.4, 0.5) is 0 Å². The number of nitrogens with two attached hydrogens (primary N) is 1. The summed E-state index contributed by atoms with van der Waals surface area (Å²) in [5.41, 5.74) is 6.54. The Morgan fingerprint density at radius 2 is 2.00 bits per heavy atom. The van der Waals surface area contributed by atoms with Gasteiger partial charge >= 0.3 is 0 Å². The SMILES string of the molecule is COc1ccc(COCC(N)CO)cc1. The van der Waals surface area contributed by atoms with Crippen molar-refractivity contribution in [1.82, 2.24) is 0 Å². The predicted octanol–water partition coefficient (Wildman–Crippen LogP) is 0.531. The van der Waals surface area contributed by atoms with Crippen molar-refractivity contribution < 1.29 is 14.6 Å². The Kier molecular flexibility index (Phi) is 5.10. The number of hydrogen-bond donors (Lipinski definition) is 2. The summed E-state index contributed by atoms with van der Waals surface area (Å²) in [5, 5.41) is 8.68. The zero-order valence-corrected chi connectivity index (χ0v) is 8.85. The highest BCUT2D eigenvalue weighted by atomic mass is 16.5. The van der Waals surface area contributed by atoms with Gasteiger partial charge in [-0.15, -0.1) is 0 Å². The molecule has 0 amide bonds. The van der Waals surface area contributed by atoms with Gasteiger partial charge in [-0.3, -0.25) is 0 Å². The van der Waals surface area contributed by atoms with E-state index >= 15 is 0 Å². The van der Waals surface area contributed by atoms with E-state index in [0.29, 0.717) is 13.2 Å². The van der Waals surface area contributed by atoms with Crippen LogP contribution in [0.3, 0.4) is 0 Å². The highest BCUT2D eigenvalue weighted by Crippen LogP contribution is 2.11. The van der Waals surface area contributed by atoms with Crippen LogP contribution in [0.25, 0.3) is 0 Å². The zero-order chi connectivity index (χ0) is 11.1. The molecule has 0 radical (unpaired) electrons. The van der Waals surface area contributed by atoms with Crippen molar-refractivity contribution in [3.05, 3.63) is 29.8 Å². The topological polar surface area (TPSA) is 64.7 Å². The molecule has 0 bridgehead atoms. The lowest BCUT2D eigenvalue weighted by Crippen LogP contribution is -2.29. The van der Waals surface area contributed by atoms with Gasteiger partial charge in [-0.05, 0) is 17.7 Å². The predicted molar refractivity (Wildman–Crippen MR) is 57.7 cm³/mol. The highest BCUT2D eigenvalue weighted by molar-refractivity contribution is 5.26. The van der Waals surface area contributed by atoms with E-state index in [0.717, 1.165) is 11.3 Å². The number of methoxy groups -OCH3 is 1. The molecule has 0 saturated carbocycles. The molecule has 1 aromatic carbocycles. The second kappa shape index (κ2) is 6.40. The molecule has 1 aromatic rings. The molecule has 0 aliphatic heterocycles. The van der Waals surface area contributed by atoms with E-state index in [4.69, 9.17) is 20.3 Å². The van der Waals surface area contributed by atoms with Crippen LogP contribution in [0, 0.1) is 0 Å². The first-order chi connectivity index (χ1) is 7.26. The van der Waals surface area contributed by atoms with Gasteiger partial charge in [0.15, 0.2) is 0 Å². The fourth-order valence-electron chi connectivity index (χ4n) is 1.10. The second-order valence-electron chi connectivity index (χ2n) is 3.31. The minimum absolute atomic E-state index is 0.0530. The summed E-state index contributed by atoms with van der Waals surface area (Å²) in [7, 11) is 1.63. The maximum atomic E-state index is 8.68. The average Bonchev–Trinajstić information content (AvgIpc) is 2.29. The number of aliphatic hydroxyl groups is 1. The van der Waals surface area contributed by atoms with E-state index in [2.05, 4.69) is 0 Å². The summed E-state index contributed by atoms with van der Waals surface area (Å²) in [5.74, 6) is 0.825. The number of rotatable bonds is 6. The fraction of sp³-hybridized carbons (Fsp3) is 0.455. The molecule has 0 saturated heterocycles. The quantitative estimate of drug-likeness (QED) is 0.720. The minimum atomic E-state index is -0.303. The Bertz CT molecular complexity index is 274. The van der Waals surface area contributed by atoms with Crippen molar-refractivity contribution in [3.8, 4) is 5.75 Å². The van der Waals surface area contributed by atoms with Gasteiger partial charge in [-0.25, -0.2) is 0 Å². The molecule has 1 unspecified atom stereocenters. The van der Waals surface area contributed by atoms with Gasteiger partial charge in [0, 0.05) is 0 Å². The molecule has 0 aliphatic carbocycles. The van der Waals surface area contributed by atoms with E-state index in [-0.39, 0.29) is 12.6 Å². The highest BCUT2D eigenvalue weighted by Gasteiger charge is 2.00. The lowest BCUT2D eigenvalue weighted by atomic mass is 10.2. The van der Waals surface area contributed by atoms with Crippen molar-refractivity contribution in [2.75, 3.05) is 20.3 Å². The second-order valence-corrected chi connectivity index (χ2v) is 3.31. The lowest BCUT2D eigenvalue weighted by Gasteiger charge is -2.09. The van der Waals surface area contributed by atoms with Crippen molar-refractivity contribution in [1.29, 1.82) is 0 Å². The first-order valence-electron chi connectivity index (χ1n) is 4.83. The van der Waals surface area contributed by atoms with Gasteiger partial charge in [0.1, 0.15) is 5.75 Å². The summed E-state index contributed by atoms with van der Waals surface area (Å²) in [6.07, 6.45) is 0. The van der Waals surface area contributed by atoms with Gasteiger partial charge in [0.25, 0.3) is 0 Å². The molecule has 0 spiro atoms. The summed E-state index contributed by atoms with van der Waals surface area (Å²) in [6.45, 7) is 0.808. The van der Waals surface area contributed by atoms with Gasteiger partial charge in [0.05, 0.1) is 33.0 Å². The Balaban J connectivity index is 2.31. The largest absolute Gasteiger partial charge is 0.497 e. The van der Waals surface area contributed by atoms with Gasteiger partial charge in [-0.1, -0.05) is 12.1 Å². The molecule has 0 aliphatic rings. The number of aliphatic hydroxyl groups excluding tert-OH is 1. The van der Waals surface area contributed by atoms with Gasteiger partial charge < -0.3 is 20.3 Å². The number of benzene rings is 1. The molecule has 1 atom stereocenters. The Morgan fingerprint density at radius 3 is 2.53 bits per heavy atom. The average molecular weight is 211 g/mol. The lowest BCUT2D eigenvalue weighted by molar-refractivity contribution is 0.0899. The Hall–Kier alpha value is -1.10. The van der Waals surface area contributed by atoms with Crippen LogP contribution in [0.15, 0.2) is 24.3 Å². The maximum absolute atomic E-state index is 8.68. The molecule has 15 heavy (non-hydrogen) atoms. The Morgan fingerprint density at radius 1 is 1.33 bits per heavy atom. The van der Waals surface area contributed by atoms with Crippen LogP contribution in [-0.4, -0.2) is 31.5 Å². The van der Waals surface area contributed by atoms with E-state index in [1.165, 1.54) is 0 Å². The van der Waals surface area contributed by atoms with Crippen LogP contribution in [0.2, 0.25) is 0 Å². The Labute approximate surface area is 89.6 Å². The summed E-state index contributed by atoms with van der Waals surface area (Å²) in [6, 6.07) is 7.32. The molecular formula is C11H17NO3. The molecule has 84 valence electrons. The molecule has 0 aromatic heterocycles. The normalized spacial score (nSPS) is 12.5. The van der Waals surface area contributed by atoms with Gasteiger partial charge in [-0.2, -0.15) is 0 Å². The van der Waals surface area contributed by atoms with E-state index < -0.39 is 0 Å². The smallest absolute Gasteiger partial charge is 0.118 e. The van der Waals surface area contributed by atoms with Crippen molar-refractivity contribution in [2.45, 2.75) is 12.6 Å². The third-order valence-electron chi connectivity index (χ3n) is 1.99. The van der Waals surface area contributed by atoms with E-state index in [9.17, 15) is 0 Å². The third-order valence-corrected chi connectivity index (χ3v) is 1.99. The van der Waals surface area contributed by atoms with E-state index in [1.54, 1.807) is 7.11 Å². The standard InChI is InChI=1S/C11H17NO3/c1-14-11-4-2-9(3-5-11)7-15-8-10(12)6-13/h2-5,10,13H,6-8,12H2,1H3. The summed E-state index contributed by atoms with van der Waals surface area (Å²) in [4.78, 5) is 0. The van der Waals surface area contributed by atoms with Crippen LogP contribution >= 0.6 is 0 Å². The molecule has 1 rings (SSSR count). The van der Waals surface area contributed by atoms with E-state index in [1.807, 2.05) is 24.3 Å². The molecule has 4 heteroatoms. The van der Waals surface area contributed by atoms with Crippen LogP contribution in [0.1, 0.15) is 5.56 Å². The number of ether oxygens (including phenoxy) is 2. The molecule has 0 heterocycles. The first kappa shape index (κ1) is 12.0. The fourth-order valence-corrected chi connectivity index (χ4v) is 1.10. The zero-order valence-electron chi connectivity index (χ0n) is 8.85. The minimum Gasteiger partial charge on any atom is -0.497 e. The molecule has 3 N–H and O–H groups in total. The van der Waals surface area contributed by atoms with Crippen LogP contribution in [0.5, 0.6) is 5.75 Å². The van der Waals surface area contributed by atoms with Crippen molar-refractivity contribution in [2.24, 2.45) is 5.73 Å². The van der Waals surface area contributed by atoms with Crippen LogP contribution in [-0.2, 0) is 11.3 Å². The first-order valence-corrected chi connectivity index (χ1v) is 4.83. The monoisotopic (exact) mass is 211 g/mol.